The van der Waals surface area contributed by atoms with Crippen molar-refractivity contribution in [1.82, 2.24) is 9.21 Å². The van der Waals surface area contributed by atoms with Crippen LogP contribution in [0.5, 0.6) is 0 Å². The summed E-state index contributed by atoms with van der Waals surface area (Å²) in [4.78, 5) is 2.46. The van der Waals surface area contributed by atoms with Crippen molar-refractivity contribution in [3.8, 4) is 0 Å². The van der Waals surface area contributed by atoms with Crippen molar-refractivity contribution in [1.29, 1.82) is 0 Å². The molecule has 1 aliphatic heterocycles. The van der Waals surface area contributed by atoms with Gasteiger partial charge >= 0.3 is 0 Å². The van der Waals surface area contributed by atoms with Crippen molar-refractivity contribution in [2.45, 2.75) is 37.1 Å². The maximum Gasteiger partial charge on any atom is 0.243 e. The number of nitrogens with zero attached hydrogens (tertiary/aromatic N) is 2. The zero-order chi connectivity index (χ0) is 15.6. The van der Waals surface area contributed by atoms with Crippen molar-refractivity contribution in [3.63, 3.8) is 0 Å². The lowest BCUT2D eigenvalue weighted by atomic mass is 10.1. The van der Waals surface area contributed by atoms with E-state index in [1.54, 1.807) is 16.4 Å². The van der Waals surface area contributed by atoms with Crippen LogP contribution in [0.1, 0.15) is 25.3 Å². The molecule has 1 aromatic rings. The minimum atomic E-state index is -3.47. The molecule has 118 valence electrons. The predicted molar refractivity (Wildman–Crippen MR) is 85.7 cm³/mol. The summed E-state index contributed by atoms with van der Waals surface area (Å²) >= 11 is 0. The molecular formula is C15H25N3O2S. The molecule has 0 radical (unpaired) electrons. The second kappa shape index (κ2) is 6.34. The Balaban J connectivity index is 2.35. The zero-order valence-electron chi connectivity index (χ0n) is 13.0. The van der Waals surface area contributed by atoms with Crippen LogP contribution in [0.15, 0.2) is 23.1 Å². The number of benzene rings is 1. The fourth-order valence-corrected chi connectivity index (χ4v) is 4.65. The quantitative estimate of drug-likeness (QED) is 0.857. The van der Waals surface area contributed by atoms with E-state index in [4.69, 9.17) is 5.73 Å². The molecule has 0 bridgehead atoms. The number of nitrogens with two attached hydrogens (primary N) is 1. The molecule has 2 N–H and O–H groups in total. The van der Waals surface area contributed by atoms with Gasteiger partial charge in [0.2, 0.25) is 10.0 Å². The number of piperidine rings is 1. The van der Waals surface area contributed by atoms with Crippen LogP contribution in [0.3, 0.4) is 0 Å². The Hall–Kier alpha value is -1.11. The van der Waals surface area contributed by atoms with Gasteiger partial charge in [-0.2, -0.15) is 4.31 Å². The van der Waals surface area contributed by atoms with Crippen LogP contribution in [-0.2, 0) is 16.4 Å². The molecule has 1 aromatic carbocycles. The van der Waals surface area contributed by atoms with Crippen LogP contribution in [-0.4, -0.2) is 50.8 Å². The van der Waals surface area contributed by atoms with Gasteiger partial charge in [-0.1, -0.05) is 13.0 Å². The van der Waals surface area contributed by atoms with Crippen LogP contribution in [0.2, 0.25) is 0 Å². The van der Waals surface area contributed by atoms with Crippen LogP contribution in [0, 0.1) is 0 Å². The zero-order valence-corrected chi connectivity index (χ0v) is 13.9. The second-order valence-electron chi connectivity index (χ2n) is 5.84. The lowest BCUT2D eigenvalue weighted by molar-refractivity contribution is 0.190. The van der Waals surface area contributed by atoms with Gasteiger partial charge in [0.15, 0.2) is 0 Å². The van der Waals surface area contributed by atoms with E-state index in [2.05, 4.69) is 4.90 Å². The summed E-state index contributed by atoms with van der Waals surface area (Å²) in [6.07, 6.45) is 2.61. The van der Waals surface area contributed by atoms with Crippen LogP contribution in [0.4, 0.5) is 5.69 Å². The summed E-state index contributed by atoms with van der Waals surface area (Å²) in [5, 5.41) is 0. The Morgan fingerprint density at radius 1 is 1.38 bits per heavy atom. The number of aryl methyl sites for hydroxylation is 1. The van der Waals surface area contributed by atoms with Crippen molar-refractivity contribution in [2.75, 3.05) is 32.9 Å². The number of sulfonamides is 1. The molecule has 0 amide bonds. The van der Waals surface area contributed by atoms with E-state index in [-0.39, 0.29) is 6.04 Å². The number of hydrogen-bond donors (Lipinski definition) is 1. The third-order valence-corrected chi connectivity index (χ3v) is 6.13. The highest BCUT2D eigenvalue weighted by molar-refractivity contribution is 7.89. The molecule has 1 fully saturated rings. The molecule has 1 atom stereocenters. The molecule has 6 heteroatoms. The molecule has 0 spiro atoms. The van der Waals surface area contributed by atoms with E-state index in [0.717, 1.165) is 18.4 Å². The number of nitrogen functional groups attached to an aromatic ring is 1. The lowest BCUT2D eigenvalue weighted by Crippen LogP contribution is -2.47. The third kappa shape index (κ3) is 3.39. The Morgan fingerprint density at radius 2 is 2.10 bits per heavy atom. The van der Waals surface area contributed by atoms with E-state index >= 15 is 0 Å². The van der Waals surface area contributed by atoms with Crippen LogP contribution in [0.25, 0.3) is 0 Å². The minimum absolute atomic E-state index is 0.277. The van der Waals surface area contributed by atoms with Crippen molar-refractivity contribution in [2.24, 2.45) is 0 Å². The first-order valence-corrected chi connectivity index (χ1v) is 8.85. The Morgan fingerprint density at radius 3 is 2.71 bits per heavy atom. The summed E-state index contributed by atoms with van der Waals surface area (Å²) in [6.45, 7) is 3.10. The summed E-state index contributed by atoms with van der Waals surface area (Å²) in [5.41, 5.74) is 7.12. The molecule has 2 rings (SSSR count). The van der Waals surface area contributed by atoms with Crippen LogP contribution >= 0.6 is 0 Å². The standard InChI is InChI=1S/C15H25N3O2S/c1-4-12-7-8-13(16)10-15(12)21(19,20)18-9-5-6-14(11-18)17(2)3/h7-8,10,14H,4-6,9,11,16H2,1-3H3. The smallest absolute Gasteiger partial charge is 0.243 e. The van der Waals surface area contributed by atoms with E-state index in [1.807, 2.05) is 27.1 Å². The van der Waals surface area contributed by atoms with Gasteiger partial charge in [0.25, 0.3) is 0 Å². The molecule has 5 nitrogen and oxygen atoms in total. The average molecular weight is 311 g/mol. The number of anilines is 1. The number of likely N-dealkylation sites (N-methyl/N-ethyl adjacent to an activating group) is 1. The van der Waals surface area contributed by atoms with Gasteiger partial charge < -0.3 is 10.6 Å². The largest absolute Gasteiger partial charge is 0.399 e. The highest BCUT2D eigenvalue weighted by Crippen LogP contribution is 2.26. The van der Waals surface area contributed by atoms with Gasteiger partial charge in [-0.15, -0.1) is 0 Å². The normalized spacial score (nSPS) is 20.9. The summed E-state index contributed by atoms with van der Waals surface area (Å²) in [6, 6.07) is 5.44. The fraction of sp³-hybridized carbons (Fsp3) is 0.600. The third-order valence-electron chi connectivity index (χ3n) is 4.18. The lowest BCUT2D eigenvalue weighted by Gasteiger charge is -2.35. The summed E-state index contributed by atoms with van der Waals surface area (Å²) in [5.74, 6) is 0. The molecule has 1 saturated heterocycles. The second-order valence-corrected chi connectivity index (χ2v) is 7.75. The van der Waals surface area contributed by atoms with E-state index < -0.39 is 10.0 Å². The molecule has 21 heavy (non-hydrogen) atoms. The van der Waals surface area contributed by atoms with E-state index in [1.165, 1.54) is 0 Å². The predicted octanol–water partition coefficient (Wildman–Crippen LogP) is 1.55. The first-order valence-electron chi connectivity index (χ1n) is 7.41. The van der Waals surface area contributed by atoms with Crippen molar-refractivity contribution < 1.29 is 8.42 Å². The van der Waals surface area contributed by atoms with Gasteiger partial charge in [0.05, 0.1) is 4.90 Å². The average Bonchev–Trinajstić information content (AvgIpc) is 2.47. The van der Waals surface area contributed by atoms with Crippen molar-refractivity contribution >= 4 is 15.7 Å². The Kier molecular flexibility index (Phi) is 4.91. The van der Waals surface area contributed by atoms with Crippen molar-refractivity contribution in [3.05, 3.63) is 23.8 Å². The number of hydrogen-bond acceptors (Lipinski definition) is 4. The number of rotatable bonds is 4. The highest BCUT2D eigenvalue weighted by atomic mass is 32.2. The monoisotopic (exact) mass is 311 g/mol. The maximum atomic E-state index is 12.9. The Labute approximate surface area is 127 Å². The first kappa shape index (κ1) is 16.3. The molecule has 0 aromatic heterocycles. The topological polar surface area (TPSA) is 66.6 Å². The van der Waals surface area contributed by atoms with Gasteiger partial charge in [0, 0.05) is 24.8 Å². The maximum absolute atomic E-state index is 12.9. The highest BCUT2D eigenvalue weighted by Gasteiger charge is 2.32. The molecule has 1 heterocycles. The minimum Gasteiger partial charge on any atom is -0.399 e. The molecule has 0 aliphatic carbocycles. The van der Waals surface area contributed by atoms with Crippen LogP contribution < -0.4 is 5.73 Å². The molecule has 1 unspecified atom stereocenters. The molecule has 1 aliphatic rings. The fourth-order valence-electron chi connectivity index (χ4n) is 2.80. The molecule has 0 saturated carbocycles. The van der Waals surface area contributed by atoms with Gasteiger partial charge in [-0.05, 0) is 51.1 Å². The van der Waals surface area contributed by atoms with Gasteiger partial charge in [-0.3, -0.25) is 0 Å². The molecular weight excluding hydrogens is 286 g/mol. The first-order chi connectivity index (χ1) is 9.86. The van der Waals surface area contributed by atoms with Gasteiger partial charge in [-0.25, -0.2) is 8.42 Å². The Bertz CT molecular complexity index is 599. The SMILES string of the molecule is CCc1ccc(N)cc1S(=O)(=O)N1CCCC(N(C)C)C1. The summed E-state index contributed by atoms with van der Waals surface area (Å²) in [7, 11) is 0.530. The van der Waals surface area contributed by atoms with Gasteiger partial charge in [0.1, 0.15) is 0 Å². The van der Waals surface area contributed by atoms with E-state index in [0.29, 0.717) is 30.1 Å². The summed E-state index contributed by atoms with van der Waals surface area (Å²) < 4.78 is 27.5. The van der Waals surface area contributed by atoms with E-state index in [9.17, 15) is 8.42 Å².